The summed E-state index contributed by atoms with van der Waals surface area (Å²) in [5, 5.41) is 12.0. The van der Waals surface area contributed by atoms with Gasteiger partial charge in [0.05, 0.1) is 13.0 Å². The number of benzene rings is 1. The summed E-state index contributed by atoms with van der Waals surface area (Å²) < 4.78 is 5.27. The highest BCUT2D eigenvalue weighted by Gasteiger charge is 2.52. The molecule has 30 heavy (non-hydrogen) atoms. The molecule has 0 bridgehead atoms. The lowest BCUT2D eigenvalue weighted by molar-refractivity contribution is -0.147. The smallest absolute Gasteiger partial charge is 0.325 e. The zero-order chi connectivity index (χ0) is 22.1. The van der Waals surface area contributed by atoms with E-state index < -0.39 is 41.8 Å². The van der Waals surface area contributed by atoms with Gasteiger partial charge in [-0.05, 0) is 49.4 Å². The van der Waals surface area contributed by atoms with Gasteiger partial charge >= 0.3 is 12.0 Å². The number of imide groups is 1. The Hall–Kier alpha value is -3.10. The highest BCUT2D eigenvalue weighted by Crippen LogP contribution is 2.34. The number of hydrogen-bond donors (Lipinski definition) is 2. The lowest BCUT2D eigenvalue weighted by Crippen LogP contribution is -2.48. The minimum absolute atomic E-state index is 0.0917. The minimum atomic E-state index is -1.25. The van der Waals surface area contributed by atoms with Gasteiger partial charge in [-0.2, -0.15) is 0 Å². The molecule has 9 nitrogen and oxygen atoms in total. The molecule has 162 valence electrons. The van der Waals surface area contributed by atoms with Gasteiger partial charge in [0, 0.05) is 13.1 Å². The Morgan fingerprint density at radius 2 is 2.07 bits per heavy atom. The first-order valence-electron chi connectivity index (χ1n) is 10.0. The van der Waals surface area contributed by atoms with Crippen LogP contribution >= 0.6 is 0 Å². The zero-order valence-corrected chi connectivity index (χ0v) is 17.4. The Bertz CT molecular complexity index is 885. The second-order valence-corrected chi connectivity index (χ2v) is 7.78. The average molecular weight is 417 g/mol. The number of nitrogens with one attached hydrogen (secondary N) is 1. The number of nitrogens with zero attached hydrogens (tertiary/aromatic N) is 2. The molecule has 1 aromatic carbocycles. The Morgan fingerprint density at radius 1 is 1.33 bits per heavy atom. The third kappa shape index (κ3) is 3.71. The van der Waals surface area contributed by atoms with Crippen LogP contribution in [-0.4, -0.2) is 65.5 Å². The maximum absolute atomic E-state index is 13.3. The maximum atomic E-state index is 13.3. The van der Waals surface area contributed by atoms with Crippen LogP contribution < -0.4 is 10.1 Å². The van der Waals surface area contributed by atoms with Crippen LogP contribution in [0.2, 0.25) is 0 Å². The lowest BCUT2D eigenvalue weighted by Gasteiger charge is -2.31. The molecule has 2 fully saturated rings. The van der Waals surface area contributed by atoms with Crippen LogP contribution in [0.4, 0.5) is 4.79 Å². The third-order valence-corrected chi connectivity index (χ3v) is 6.01. The SMILES string of the molecule is CCC1(c2ccc(OC)c(C)c2)NC(=O)N(CC(=O)N2CCCC(C(=O)O)C2)C1=O. The van der Waals surface area contributed by atoms with E-state index in [0.717, 1.165) is 10.5 Å². The first-order valence-corrected chi connectivity index (χ1v) is 10.0. The van der Waals surface area contributed by atoms with Crippen molar-refractivity contribution in [3.05, 3.63) is 29.3 Å². The van der Waals surface area contributed by atoms with Crippen LogP contribution in [0, 0.1) is 12.8 Å². The molecule has 3 rings (SSSR count). The Labute approximate surface area is 175 Å². The monoisotopic (exact) mass is 417 g/mol. The summed E-state index contributed by atoms with van der Waals surface area (Å²) in [4.78, 5) is 52.2. The molecule has 0 aromatic heterocycles. The number of aryl methyl sites for hydroxylation is 1. The molecule has 2 aliphatic heterocycles. The van der Waals surface area contributed by atoms with Crippen molar-refractivity contribution in [3.8, 4) is 5.75 Å². The van der Waals surface area contributed by atoms with E-state index in [1.54, 1.807) is 32.2 Å². The second-order valence-electron chi connectivity index (χ2n) is 7.78. The number of carbonyl (C=O) groups excluding carboxylic acids is 3. The first kappa shape index (κ1) is 21.6. The number of rotatable bonds is 6. The van der Waals surface area contributed by atoms with E-state index in [2.05, 4.69) is 5.32 Å². The summed E-state index contributed by atoms with van der Waals surface area (Å²) >= 11 is 0. The third-order valence-electron chi connectivity index (χ3n) is 6.01. The molecule has 0 radical (unpaired) electrons. The fraction of sp³-hybridized carbons (Fsp3) is 0.524. The van der Waals surface area contributed by atoms with Gasteiger partial charge in [-0.25, -0.2) is 4.79 Å². The second kappa shape index (κ2) is 8.33. The van der Waals surface area contributed by atoms with E-state index in [0.29, 0.717) is 37.1 Å². The highest BCUT2D eigenvalue weighted by atomic mass is 16.5. The molecule has 2 heterocycles. The summed E-state index contributed by atoms with van der Waals surface area (Å²) in [6.07, 6.45) is 1.41. The standard InChI is InChI=1S/C21H27N3O6/c1-4-21(15-7-8-16(30-3)13(2)10-15)19(28)24(20(29)22-21)12-17(25)23-9-5-6-14(11-23)18(26)27/h7-8,10,14H,4-6,9,11-12H2,1-3H3,(H,22,29)(H,26,27). The van der Waals surface area contributed by atoms with E-state index in [1.807, 2.05) is 6.92 Å². The Morgan fingerprint density at radius 3 is 2.67 bits per heavy atom. The molecule has 0 spiro atoms. The van der Waals surface area contributed by atoms with Crippen molar-refractivity contribution >= 4 is 23.8 Å². The summed E-state index contributed by atoms with van der Waals surface area (Å²) in [5.74, 6) is -1.81. The zero-order valence-electron chi connectivity index (χ0n) is 17.4. The van der Waals surface area contributed by atoms with Gasteiger partial charge in [0.2, 0.25) is 5.91 Å². The summed E-state index contributed by atoms with van der Waals surface area (Å²) in [7, 11) is 1.56. The molecular weight excluding hydrogens is 390 g/mol. The van der Waals surface area contributed by atoms with Gasteiger partial charge in [-0.1, -0.05) is 13.0 Å². The number of carboxylic acid groups (broad SMARTS) is 1. The number of carbonyl (C=O) groups is 4. The van der Waals surface area contributed by atoms with Gasteiger partial charge in [-0.3, -0.25) is 19.3 Å². The maximum Gasteiger partial charge on any atom is 0.325 e. The molecule has 9 heteroatoms. The Balaban J connectivity index is 1.80. The van der Waals surface area contributed by atoms with Crippen LogP contribution in [-0.2, 0) is 19.9 Å². The molecule has 2 saturated heterocycles. The summed E-state index contributed by atoms with van der Waals surface area (Å²) in [5.41, 5.74) is 0.202. The number of hydrogen-bond acceptors (Lipinski definition) is 5. The number of piperidine rings is 1. The molecule has 4 amide bonds. The fourth-order valence-corrected chi connectivity index (χ4v) is 4.19. The van der Waals surface area contributed by atoms with Crippen molar-refractivity contribution in [1.29, 1.82) is 0 Å². The van der Waals surface area contributed by atoms with Crippen molar-refractivity contribution < 1.29 is 29.0 Å². The van der Waals surface area contributed by atoms with Gasteiger partial charge in [0.1, 0.15) is 17.8 Å². The van der Waals surface area contributed by atoms with Crippen LogP contribution in [0.25, 0.3) is 0 Å². The molecular formula is C21H27N3O6. The number of carboxylic acids is 1. The molecule has 2 unspecified atom stereocenters. The number of urea groups is 1. The van der Waals surface area contributed by atoms with Gasteiger partial charge in [0.15, 0.2) is 0 Å². The average Bonchev–Trinajstić information content (AvgIpc) is 2.98. The first-order chi connectivity index (χ1) is 14.2. The molecule has 2 atom stereocenters. The van der Waals surface area contributed by atoms with E-state index in [1.165, 1.54) is 4.90 Å². The topological polar surface area (TPSA) is 116 Å². The van der Waals surface area contributed by atoms with Crippen molar-refractivity contribution in [3.63, 3.8) is 0 Å². The van der Waals surface area contributed by atoms with Gasteiger partial charge in [-0.15, -0.1) is 0 Å². The summed E-state index contributed by atoms with van der Waals surface area (Å²) in [6, 6.07) is 4.65. The van der Waals surface area contributed by atoms with Crippen molar-refractivity contribution in [2.75, 3.05) is 26.7 Å². The fourth-order valence-electron chi connectivity index (χ4n) is 4.19. The normalized spacial score (nSPS) is 24.0. The van der Waals surface area contributed by atoms with Crippen molar-refractivity contribution in [2.45, 2.75) is 38.6 Å². The largest absolute Gasteiger partial charge is 0.496 e. The molecule has 0 aliphatic carbocycles. The predicted octanol–water partition coefficient (Wildman–Crippen LogP) is 1.48. The van der Waals surface area contributed by atoms with Crippen LogP contribution in [0.1, 0.15) is 37.3 Å². The van der Waals surface area contributed by atoms with Crippen LogP contribution in [0.15, 0.2) is 18.2 Å². The molecule has 1 aromatic rings. The van der Waals surface area contributed by atoms with Gasteiger partial charge < -0.3 is 20.1 Å². The molecule has 2 aliphatic rings. The summed E-state index contributed by atoms with van der Waals surface area (Å²) in [6.45, 7) is 3.75. The van der Waals surface area contributed by atoms with Crippen molar-refractivity contribution in [2.24, 2.45) is 5.92 Å². The number of aliphatic carboxylic acids is 1. The molecule has 0 saturated carbocycles. The van der Waals surface area contributed by atoms with E-state index >= 15 is 0 Å². The number of ether oxygens (including phenoxy) is 1. The van der Waals surface area contributed by atoms with Gasteiger partial charge in [0.25, 0.3) is 5.91 Å². The number of methoxy groups -OCH3 is 1. The van der Waals surface area contributed by atoms with E-state index in [4.69, 9.17) is 4.74 Å². The number of amides is 4. The quantitative estimate of drug-likeness (QED) is 0.678. The van der Waals surface area contributed by atoms with Crippen LogP contribution in [0.5, 0.6) is 5.75 Å². The Kier molecular flexibility index (Phi) is 6.00. The minimum Gasteiger partial charge on any atom is -0.496 e. The van der Waals surface area contributed by atoms with E-state index in [-0.39, 0.29) is 6.54 Å². The predicted molar refractivity (Wildman–Crippen MR) is 107 cm³/mol. The number of likely N-dealkylation sites (tertiary alicyclic amines) is 1. The van der Waals surface area contributed by atoms with Crippen molar-refractivity contribution in [1.82, 2.24) is 15.1 Å². The molecule has 2 N–H and O–H groups in total. The lowest BCUT2D eigenvalue weighted by atomic mass is 9.86. The van der Waals surface area contributed by atoms with E-state index in [9.17, 15) is 24.3 Å². The highest BCUT2D eigenvalue weighted by molar-refractivity contribution is 6.09. The van der Waals surface area contributed by atoms with Crippen LogP contribution in [0.3, 0.4) is 0 Å².